The predicted octanol–water partition coefficient (Wildman–Crippen LogP) is 2.89. The maximum Gasteiger partial charge on any atom is 0.248 e. The van der Waals surface area contributed by atoms with Crippen molar-refractivity contribution in [1.29, 1.82) is 0 Å². The Balaban J connectivity index is 2.31. The molecule has 0 radical (unpaired) electrons. The Morgan fingerprint density at radius 3 is 2.59 bits per heavy atom. The fourth-order valence-corrected chi connectivity index (χ4v) is 1.72. The predicted molar refractivity (Wildman–Crippen MR) is 65.9 cm³/mol. The molecule has 2 N–H and O–H groups in total. The topological polar surface area (TPSA) is 64.9 Å². The van der Waals surface area contributed by atoms with Gasteiger partial charge in [-0.15, -0.1) is 0 Å². The van der Waals surface area contributed by atoms with Gasteiger partial charge in [-0.3, -0.25) is 0 Å². The zero-order valence-corrected chi connectivity index (χ0v) is 10.5. The van der Waals surface area contributed by atoms with Crippen molar-refractivity contribution in [2.75, 3.05) is 0 Å². The summed E-state index contributed by atoms with van der Waals surface area (Å²) in [5, 5.41) is 4.48. The van der Waals surface area contributed by atoms with Crippen molar-refractivity contribution in [3.8, 4) is 0 Å². The van der Waals surface area contributed by atoms with Crippen LogP contribution in [0.15, 0.2) is 28.8 Å². The lowest BCUT2D eigenvalue weighted by Gasteiger charge is -2.08. The molecular formula is C12H14ClN3O. The van der Waals surface area contributed by atoms with Crippen LogP contribution in [0.2, 0.25) is 5.02 Å². The number of halogens is 1. The van der Waals surface area contributed by atoms with E-state index in [1.165, 1.54) is 0 Å². The molecule has 90 valence electrons. The van der Waals surface area contributed by atoms with Gasteiger partial charge >= 0.3 is 0 Å². The highest BCUT2D eigenvalue weighted by atomic mass is 35.5. The molecule has 0 fully saturated rings. The average Bonchev–Trinajstić information content (AvgIpc) is 2.78. The third-order valence-electron chi connectivity index (χ3n) is 2.48. The minimum atomic E-state index is -0.483. The summed E-state index contributed by atoms with van der Waals surface area (Å²) in [6.07, 6.45) is 0. The summed E-state index contributed by atoms with van der Waals surface area (Å²) in [4.78, 5) is 4.27. The van der Waals surface area contributed by atoms with E-state index in [0.29, 0.717) is 16.7 Å². The molecule has 0 aliphatic heterocycles. The van der Waals surface area contributed by atoms with E-state index in [-0.39, 0.29) is 5.92 Å². The van der Waals surface area contributed by atoms with Crippen molar-refractivity contribution in [2.45, 2.75) is 25.8 Å². The van der Waals surface area contributed by atoms with Gasteiger partial charge in [0.15, 0.2) is 5.82 Å². The summed E-state index contributed by atoms with van der Waals surface area (Å²) in [6.45, 7) is 3.99. The van der Waals surface area contributed by atoms with Crippen LogP contribution in [0.5, 0.6) is 0 Å². The van der Waals surface area contributed by atoms with Gasteiger partial charge in [0.05, 0.1) is 0 Å². The normalized spacial score (nSPS) is 13.0. The second kappa shape index (κ2) is 4.85. The molecule has 0 unspecified atom stereocenters. The fourth-order valence-electron chi connectivity index (χ4n) is 1.47. The van der Waals surface area contributed by atoms with Gasteiger partial charge in [0, 0.05) is 10.9 Å². The molecule has 1 aromatic heterocycles. The van der Waals surface area contributed by atoms with E-state index < -0.39 is 6.04 Å². The molecule has 1 aromatic carbocycles. The van der Waals surface area contributed by atoms with Gasteiger partial charge in [0.25, 0.3) is 0 Å². The highest BCUT2D eigenvalue weighted by molar-refractivity contribution is 6.31. The molecule has 4 nitrogen and oxygen atoms in total. The lowest BCUT2D eigenvalue weighted by molar-refractivity contribution is 0.361. The summed E-state index contributed by atoms with van der Waals surface area (Å²) in [5.74, 6) is 1.26. The minimum absolute atomic E-state index is 0.214. The average molecular weight is 252 g/mol. The standard InChI is InChI=1S/C12H14ClN3O/c1-7(2)11-15-12(17-16-11)10(14)8-5-3-4-6-9(8)13/h3-7,10H,14H2,1-2H3/t10-/m1/s1. The Morgan fingerprint density at radius 2 is 2.00 bits per heavy atom. The van der Waals surface area contributed by atoms with Crippen molar-refractivity contribution in [3.05, 3.63) is 46.6 Å². The molecule has 5 heteroatoms. The summed E-state index contributed by atoms with van der Waals surface area (Å²) in [7, 11) is 0. The summed E-state index contributed by atoms with van der Waals surface area (Å²) in [5.41, 5.74) is 6.84. The molecule has 0 bridgehead atoms. The second-order valence-corrected chi connectivity index (χ2v) is 4.55. The van der Waals surface area contributed by atoms with E-state index >= 15 is 0 Å². The Bertz CT molecular complexity index is 510. The van der Waals surface area contributed by atoms with Crippen LogP contribution in [0.25, 0.3) is 0 Å². The van der Waals surface area contributed by atoms with Gasteiger partial charge in [-0.1, -0.05) is 48.8 Å². The molecular weight excluding hydrogens is 238 g/mol. The number of nitrogens with zero attached hydrogens (tertiary/aromatic N) is 2. The second-order valence-electron chi connectivity index (χ2n) is 4.14. The molecule has 0 aliphatic carbocycles. The Morgan fingerprint density at radius 1 is 1.29 bits per heavy atom. The van der Waals surface area contributed by atoms with E-state index in [2.05, 4.69) is 10.1 Å². The highest BCUT2D eigenvalue weighted by Gasteiger charge is 2.19. The molecule has 0 amide bonds. The van der Waals surface area contributed by atoms with Crippen molar-refractivity contribution in [3.63, 3.8) is 0 Å². The quantitative estimate of drug-likeness (QED) is 0.911. The molecule has 2 aromatic rings. The number of hydrogen-bond acceptors (Lipinski definition) is 4. The smallest absolute Gasteiger partial charge is 0.248 e. The van der Waals surface area contributed by atoms with Crippen molar-refractivity contribution in [1.82, 2.24) is 10.1 Å². The van der Waals surface area contributed by atoms with E-state index in [4.69, 9.17) is 21.9 Å². The van der Waals surface area contributed by atoms with Crippen molar-refractivity contribution in [2.24, 2.45) is 5.73 Å². The zero-order chi connectivity index (χ0) is 12.4. The first kappa shape index (κ1) is 12.1. The van der Waals surface area contributed by atoms with Crippen LogP contribution in [0.4, 0.5) is 0 Å². The van der Waals surface area contributed by atoms with E-state index in [9.17, 15) is 0 Å². The molecule has 2 rings (SSSR count). The first-order valence-electron chi connectivity index (χ1n) is 5.43. The van der Waals surface area contributed by atoms with Crippen LogP contribution < -0.4 is 5.73 Å². The SMILES string of the molecule is CC(C)c1noc([C@H](N)c2ccccc2Cl)n1. The Kier molecular flexibility index (Phi) is 3.45. The third kappa shape index (κ3) is 2.48. The molecule has 1 atom stereocenters. The molecule has 0 saturated heterocycles. The Hall–Kier alpha value is -1.39. The van der Waals surface area contributed by atoms with E-state index in [1.807, 2.05) is 32.0 Å². The summed E-state index contributed by atoms with van der Waals surface area (Å²) in [6, 6.07) is 6.89. The van der Waals surface area contributed by atoms with Crippen LogP contribution in [0.3, 0.4) is 0 Å². The van der Waals surface area contributed by atoms with E-state index in [0.717, 1.165) is 5.56 Å². The number of hydrogen-bond donors (Lipinski definition) is 1. The van der Waals surface area contributed by atoms with Gasteiger partial charge < -0.3 is 10.3 Å². The van der Waals surface area contributed by atoms with Gasteiger partial charge in [0.1, 0.15) is 6.04 Å². The van der Waals surface area contributed by atoms with Gasteiger partial charge in [-0.25, -0.2) is 0 Å². The number of benzene rings is 1. The van der Waals surface area contributed by atoms with Crippen LogP contribution in [-0.4, -0.2) is 10.1 Å². The van der Waals surface area contributed by atoms with Crippen molar-refractivity contribution >= 4 is 11.6 Å². The lowest BCUT2D eigenvalue weighted by atomic mass is 10.1. The fraction of sp³-hybridized carbons (Fsp3) is 0.333. The van der Waals surface area contributed by atoms with Gasteiger partial charge in [0.2, 0.25) is 5.89 Å². The molecule has 0 spiro atoms. The largest absolute Gasteiger partial charge is 0.337 e. The zero-order valence-electron chi connectivity index (χ0n) is 9.72. The first-order valence-corrected chi connectivity index (χ1v) is 5.81. The van der Waals surface area contributed by atoms with Crippen LogP contribution in [0.1, 0.15) is 43.1 Å². The number of nitrogens with two attached hydrogens (primary N) is 1. The molecule has 0 aliphatic rings. The van der Waals surface area contributed by atoms with Gasteiger partial charge in [-0.2, -0.15) is 4.98 Å². The van der Waals surface area contributed by atoms with Crippen LogP contribution in [0, 0.1) is 0 Å². The van der Waals surface area contributed by atoms with Gasteiger partial charge in [-0.05, 0) is 11.6 Å². The minimum Gasteiger partial charge on any atom is -0.337 e. The lowest BCUT2D eigenvalue weighted by Crippen LogP contribution is -2.12. The maximum absolute atomic E-state index is 6.07. The van der Waals surface area contributed by atoms with Crippen LogP contribution >= 0.6 is 11.6 Å². The Labute approximate surface area is 105 Å². The van der Waals surface area contributed by atoms with Crippen molar-refractivity contribution < 1.29 is 4.52 Å². The number of rotatable bonds is 3. The summed E-state index contributed by atoms with van der Waals surface area (Å²) < 4.78 is 5.15. The third-order valence-corrected chi connectivity index (χ3v) is 2.82. The first-order chi connectivity index (χ1) is 8.09. The highest BCUT2D eigenvalue weighted by Crippen LogP contribution is 2.25. The number of aromatic nitrogens is 2. The monoisotopic (exact) mass is 251 g/mol. The van der Waals surface area contributed by atoms with Crippen LogP contribution in [-0.2, 0) is 0 Å². The summed E-state index contributed by atoms with van der Waals surface area (Å²) >= 11 is 6.07. The molecule has 0 saturated carbocycles. The molecule has 1 heterocycles. The maximum atomic E-state index is 6.07. The van der Waals surface area contributed by atoms with E-state index in [1.54, 1.807) is 6.07 Å². The molecule has 17 heavy (non-hydrogen) atoms.